The van der Waals surface area contributed by atoms with Crippen molar-refractivity contribution in [2.45, 2.75) is 204 Å². The van der Waals surface area contributed by atoms with Crippen LogP contribution in [0.4, 0.5) is 0 Å². The Morgan fingerprint density at radius 2 is 1.46 bits per heavy atom. The SMILES string of the molecule is C#C.C=CC.CC.CCCCC[C@@H](CC)CCC(C)c1ccc(OC(=O)/C(C)=C(\C)CCCC(C)CCc2cccc(Cc3ccc(C4CCC(C)CC4)cc3C)c2C)cc1. The molecule has 0 aliphatic heterocycles. The van der Waals surface area contributed by atoms with Crippen molar-refractivity contribution in [3.63, 3.8) is 0 Å². The fourth-order valence-electron chi connectivity index (χ4n) is 8.73. The molecule has 0 amide bonds. The summed E-state index contributed by atoms with van der Waals surface area (Å²) in [5.74, 6) is 4.05. The van der Waals surface area contributed by atoms with Crippen LogP contribution in [0, 0.1) is 44.4 Å². The van der Waals surface area contributed by atoms with Crippen molar-refractivity contribution in [2.24, 2.45) is 17.8 Å². The number of rotatable bonds is 21. The summed E-state index contributed by atoms with van der Waals surface area (Å²) in [5, 5.41) is 0. The van der Waals surface area contributed by atoms with E-state index in [2.05, 4.69) is 123 Å². The standard InChI is InChI=1S/C52H76O2.C3H6.C2H6.C2H2/c1-10-12-13-18-44(11-2)25-24-40(6)45-31-33-51(34-32-45)54-52(53)42(8)39(5)17-14-16-37(3)21-26-46-19-15-20-49(43(46)9)36-48-29-30-50(35-41(48)7)47-27-22-38(4)23-28-47;1-3-2;2*1-2/h15,19-20,29-35,37-38,40,44,47H,10-14,16-18,21-28,36H2,1-9H3;3H,1H2,2H3;1-2H3;1-2H/b42-39+;;;/t37?,38?,40?,44-,47?;;;/m1.../s1. The minimum absolute atomic E-state index is 0.223. The van der Waals surface area contributed by atoms with E-state index in [0.717, 1.165) is 54.6 Å². The molecule has 2 nitrogen and oxygen atoms in total. The lowest BCUT2D eigenvalue weighted by Gasteiger charge is -2.27. The van der Waals surface area contributed by atoms with Crippen LogP contribution in [-0.4, -0.2) is 5.97 Å². The number of unbranched alkanes of at least 4 members (excludes halogenated alkanes) is 2. The zero-order chi connectivity index (χ0) is 45.7. The summed E-state index contributed by atoms with van der Waals surface area (Å²) in [6.45, 7) is 29.6. The number of benzene rings is 3. The van der Waals surface area contributed by atoms with Gasteiger partial charge in [-0.2, -0.15) is 0 Å². The van der Waals surface area contributed by atoms with Crippen LogP contribution in [0.15, 0.2) is 84.5 Å². The van der Waals surface area contributed by atoms with Crippen molar-refractivity contribution in [3.05, 3.63) is 123 Å². The van der Waals surface area contributed by atoms with Crippen molar-refractivity contribution in [1.82, 2.24) is 0 Å². The van der Waals surface area contributed by atoms with E-state index >= 15 is 0 Å². The van der Waals surface area contributed by atoms with Gasteiger partial charge in [-0.1, -0.05) is 160 Å². The first-order valence-corrected chi connectivity index (χ1v) is 24.5. The molecule has 61 heavy (non-hydrogen) atoms. The zero-order valence-electron chi connectivity index (χ0n) is 41.4. The molecular weight excluding hydrogens is 741 g/mol. The quantitative estimate of drug-likeness (QED) is 0.0267. The highest BCUT2D eigenvalue weighted by Gasteiger charge is 2.20. The Balaban J connectivity index is 0.00000250. The maximum absolute atomic E-state index is 13.1. The molecule has 2 heteroatoms. The second-order valence-corrected chi connectivity index (χ2v) is 18.1. The monoisotopic (exact) mass is 831 g/mol. The topological polar surface area (TPSA) is 26.3 Å². The van der Waals surface area contributed by atoms with E-state index in [1.165, 1.54) is 117 Å². The lowest BCUT2D eigenvalue weighted by Crippen LogP contribution is -2.11. The van der Waals surface area contributed by atoms with Crippen LogP contribution >= 0.6 is 0 Å². The van der Waals surface area contributed by atoms with Gasteiger partial charge in [-0.25, -0.2) is 4.79 Å². The Morgan fingerprint density at radius 1 is 0.820 bits per heavy atom. The maximum Gasteiger partial charge on any atom is 0.339 e. The Bertz CT molecular complexity index is 1700. The molecule has 0 heterocycles. The van der Waals surface area contributed by atoms with Gasteiger partial charge in [0.15, 0.2) is 0 Å². The van der Waals surface area contributed by atoms with E-state index in [1.807, 2.05) is 39.8 Å². The Labute approximate surface area is 377 Å². The van der Waals surface area contributed by atoms with Gasteiger partial charge in [-0.3, -0.25) is 0 Å². The first-order valence-electron chi connectivity index (χ1n) is 24.5. The molecule has 338 valence electrons. The van der Waals surface area contributed by atoms with Crippen molar-refractivity contribution in [2.75, 3.05) is 0 Å². The summed E-state index contributed by atoms with van der Waals surface area (Å²) in [6, 6.07) is 22.5. The highest BCUT2D eigenvalue weighted by Crippen LogP contribution is 2.36. The minimum Gasteiger partial charge on any atom is -0.423 e. The summed E-state index contributed by atoms with van der Waals surface area (Å²) < 4.78 is 5.82. The van der Waals surface area contributed by atoms with E-state index in [9.17, 15) is 4.79 Å². The average molecular weight is 831 g/mol. The second-order valence-electron chi connectivity index (χ2n) is 18.1. The van der Waals surface area contributed by atoms with E-state index in [-0.39, 0.29) is 5.97 Å². The van der Waals surface area contributed by atoms with Gasteiger partial charge >= 0.3 is 5.97 Å². The van der Waals surface area contributed by atoms with Crippen LogP contribution in [0.1, 0.15) is 216 Å². The van der Waals surface area contributed by atoms with Gasteiger partial charge in [0.2, 0.25) is 0 Å². The van der Waals surface area contributed by atoms with Crippen LogP contribution < -0.4 is 4.74 Å². The van der Waals surface area contributed by atoms with E-state index < -0.39 is 0 Å². The zero-order valence-corrected chi connectivity index (χ0v) is 41.4. The van der Waals surface area contributed by atoms with E-state index in [1.54, 1.807) is 11.6 Å². The molecule has 1 fully saturated rings. The number of carbonyl (C=O) groups excluding carboxylic acids is 1. The highest BCUT2D eigenvalue weighted by atomic mass is 16.5. The van der Waals surface area contributed by atoms with Gasteiger partial charge in [0, 0.05) is 5.57 Å². The first kappa shape index (κ1) is 55.2. The van der Waals surface area contributed by atoms with Gasteiger partial charge in [0.05, 0.1) is 0 Å². The Kier molecular flexibility index (Phi) is 28.9. The lowest BCUT2D eigenvalue weighted by atomic mass is 9.79. The molecule has 1 aliphatic rings. The maximum atomic E-state index is 13.1. The molecule has 0 spiro atoms. The van der Waals surface area contributed by atoms with Gasteiger partial charge in [0.1, 0.15) is 5.75 Å². The average Bonchev–Trinajstić information content (AvgIpc) is 3.27. The van der Waals surface area contributed by atoms with Gasteiger partial charge in [-0.15, -0.1) is 19.4 Å². The molecule has 2 unspecified atom stereocenters. The molecule has 3 atom stereocenters. The molecule has 3 aromatic carbocycles. The molecule has 3 aromatic rings. The van der Waals surface area contributed by atoms with Crippen molar-refractivity contribution in [1.29, 1.82) is 0 Å². The second kappa shape index (κ2) is 31.9. The van der Waals surface area contributed by atoms with Crippen LogP contribution in [-0.2, 0) is 17.6 Å². The smallest absolute Gasteiger partial charge is 0.339 e. The summed E-state index contributed by atoms with van der Waals surface area (Å²) in [5.41, 5.74) is 12.1. The summed E-state index contributed by atoms with van der Waals surface area (Å²) in [7, 11) is 0. The number of esters is 1. The third-order valence-corrected chi connectivity index (χ3v) is 13.4. The number of hydrogen-bond donors (Lipinski definition) is 0. The Hall–Kier alpha value is -3.83. The lowest BCUT2D eigenvalue weighted by molar-refractivity contribution is -0.130. The number of allylic oxidation sites excluding steroid dienone is 2. The van der Waals surface area contributed by atoms with Crippen LogP contribution in [0.25, 0.3) is 0 Å². The molecule has 0 bridgehead atoms. The third kappa shape index (κ3) is 20.3. The van der Waals surface area contributed by atoms with Crippen LogP contribution in [0.3, 0.4) is 0 Å². The van der Waals surface area contributed by atoms with E-state index in [0.29, 0.717) is 17.6 Å². The normalized spacial score (nSPS) is 16.4. The van der Waals surface area contributed by atoms with Crippen molar-refractivity contribution >= 4 is 5.97 Å². The molecule has 0 N–H and O–H groups in total. The largest absolute Gasteiger partial charge is 0.423 e. The Morgan fingerprint density at radius 3 is 2.07 bits per heavy atom. The van der Waals surface area contributed by atoms with Gasteiger partial charge in [-0.05, 0) is 173 Å². The van der Waals surface area contributed by atoms with E-state index in [4.69, 9.17) is 4.74 Å². The first-order chi connectivity index (χ1) is 29.4. The number of aryl methyl sites for hydroxylation is 2. The summed E-state index contributed by atoms with van der Waals surface area (Å²) in [4.78, 5) is 13.1. The van der Waals surface area contributed by atoms with Crippen LogP contribution in [0.5, 0.6) is 5.75 Å². The van der Waals surface area contributed by atoms with Crippen LogP contribution in [0.2, 0.25) is 0 Å². The summed E-state index contributed by atoms with van der Waals surface area (Å²) >= 11 is 0. The fraction of sp³-hybridized carbons (Fsp3) is 0.576. The fourth-order valence-corrected chi connectivity index (χ4v) is 8.73. The molecule has 1 aliphatic carbocycles. The molecule has 0 saturated heterocycles. The number of terminal acetylenes is 1. The molecule has 1 saturated carbocycles. The summed E-state index contributed by atoms with van der Waals surface area (Å²) in [6.07, 6.45) is 30.9. The van der Waals surface area contributed by atoms with Crippen molar-refractivity contribution in [3.8, 4) is 18.6 Å². The minimum atomic E-state index is -0.223. The molecule has 4 rings (SSSR count). The number of ether oxygens (including phenoxy) is 1. The number of hydrogen-bond acceptors (Lipinski definition) is 2. The highest BCUT2D eigenvalue weighted by molar-refractivity contribution is 5.90. The predicted molar refractivity (Wildman–Crippen MR) is 270 cm³/mol. The molecule has 0 radical (unpaired) electrons. The van der Waals surface area contributed by atoms with Gasteiger partial charge < -0.3 is 4.74 Å². The van der Waals surface area contributed by atoms with Gasteiger partial charge in [0.25, 0.3) is 0 Å². The number of carbonyl (C=O) groups is 1. The predicted octanol–water partition coefficient (Wildman–Crippen LogP) is 17.8. The molecular formula is C59H90O2. The van der Waals surface area contributed by atoms with Crippen molar-refractivity contribution < 1.29 is 9.53 Å². The third-order valence-electron chi connectivity index (χ3n) is 13.4. The molecule has 0 aromatic heterocycles.